The summed E-state index contributed by atoms with van der Waals surface area (Å²) in [4.78, 5) is 24.4. The molecule has 1 aliphatic heterocycles. The van der Waals surface area contributed by atoms with Crippen molar-refractivity contribution in [1.82, 2.24) is 4.90 Å². The predicted octanol–water partition coefficient (Wildman–Crippen LogP) is 1.25. The van der Waals surface area contributed by atoms with Gasteiger partial charge in [-0.1, -0.05) is 13.3 Å². The van der Waals surface area contributed by atoms with E-state index in [0.29, 0.717) is 19.6 Å². The van der Waals surface area contributed by atoms with Gasteiger partial charge < -0.3 is 9.47 Å². The average Bonchev–Trinajstić information content (AvgIpc) is 2.69. The molecule has 0 aromatic carbocycles. The molecule has 1 fully saturated rings. The number of carbonyl (C=O) groups excluding carboxylic acids is 2. The van der Waals surface area contributed by atoms with Gasteiger partial charge >= 0.3 is 5.97 Å². The van der Waals surface area contributed by atoms with Crippen molar-refractivity contribution in [2.75, 3.05) is 13.2 Å². The summed E-state index contributed by atoms with van der Waals surface area (Å²) in [7, 11) is 0. The fourth-order valence-electron chi connectivity index (χ4n) is 1.59. The topological polar surface area (TPSA) is 55.8 Å². The van der Waals surface area contributed by atoms with Crippen LogP contribution in [0.5, 0.6) is 0 Å². The third-order valence-electron chi connectivity index (χ3n) is 2.43. The second-order valence-electron chi connectivity index (χ2n) is 3.84. The highest BCUT2D eigenvalue weighted by Crippen LogP contribution is 2.13. The summed E-state index contributed by atoms with van der Waals surface area (Å²) in [6.07, 6.45) is 1.54. The Morgan fingerprint density at radius 1 is 1.59 bits per heavy atom. The Morgan fingerprint density at radius 2 is 2.29 bits per heavy atom. The first kappa shape index (κ1) is 13.9. The van der Waals surface area contributed by atoms with Crippen LogP contribution >= 0.6 is 12.2 Å². The zero-order valence-corrected chi connectivity index (χ0v) is 10.9. The predicted molar refractivity (Wildman–Crippen MR) is 65.3 cm³/mol. The van der Waals surface area contributed by atoms with E-state index in [0.717, 1.165) is 12.8 Å². The number of esters is 1. The maximum absolute atomic E-state index is 12.1. The number of nitrogens with zero attached hydrogens (tertiary/aromatic N) is 1. The molecule has 0 aromatic heterocycles. The lowest BCUT2D eigenvalue weighted by Crippen LogP contribution is -2.41. The van der Waals surface area contributed by atoms with Crippen LogP contribution in [0.25, 0.3) is 0 Å². The van der Waals surface area contributed by atoms with Gasteiger partial charge in [-0.3, -0.25) is 14.5 Å². The Hall–Kier alpha value is -1.17. The van der Waals surface area contributed by atoms with Crippen LogP contribution in [-0.2, 0) is 19.1 Å². The first-order valence-electron chi connectivity index (χ1n) is 5.71. The van der Waals surface area contributed by atoms with Crippen molar-refractivity contribution in [3.05, 3.63) is 0 Å². The fraction of sp³-hybridized carbons (Fsp3) is 0.727. The van der Waals surface area contributed by atoms with E-state index in [4.69, 9.17) is 21.7 Å². The molecule has 5 nitrogen and oxygen atoms in total. The second kappa shape index (κ2) is 6.54. The molecule has 1 saturated heterocycles. The van der Waals surface area contributed by atoms with E-state index in [1.165, 1.54) is 11.8 Å². The Bertz CT molecular complexity index is 319. The molecule has 1 atom stereocenters. The highest BCUT2D eigenvalue weighted by atomic mass is 32.1. The number of ether oxygens (including phenoxy) is 2. The molecule has 1 heterocycles. The van der Waals surface area contributed by atoms with Crippen LogP contribution in [-0.4, -0.2) is 41.2 Å². The number of hydrogen-bond donors (Lipinski definition) is 0. The molecule has 0 aliphatic carbocycles. The van der Waals surface area contributed by atoms with Crippen molar-refractivity contribution >= 4 is 29.3 Å². The number of thiocarbonyl (C=S) groups is 1. The highest BCUT2D eigenvalue weighted by molar-refractivity contribution is 7.80. The molecule has 0 spiro atoms. The van der Waals surface area contributed by atoms with Gasteiger partial charge in [-0.15, -0.1) is 0 Å². The molecule has 0 aromatic rings. The standard InChI is InChI=1S/C11H17NO4S/c1-3-4-5-9(16-8(2)13)10(14)12-6-7-15-11(12)17/h9H,3-7H2,1-2H3/t9-/m1/s1. The smallest absolute Gasteiger partial charge is 0.303 e. The van der Waals surface area contributed by atoms with Crippen molar-refractivity contribution in [2.45, 2.75) is 39.2 Å². The van der Waals surface area contributed by atoms with E-state index < -0.39 is 12.1 Å². The van der Waals surface area contributed by atoms with E-state index in [1.54, 1.807) is 0 Å². The molecular weight excluding hydrogens is 242 g/mol. The van der Waals surface area contributed by atoms with Crippen LogP contribution in [0.1, 0.15) is 33.1 Å². The summed E-state index contributed by atoms with van der Waals surface area (Å²) >= 11 is 4.90. The molecule has 0 unspecified atom stereocenters. The van der Waals surface area contributed by atoms with E-state index in [-0.39, 0.29) is 11.1 Å². The van der Waals surface area contributed by atoms with E-state index >= 15 is 0 Å². The molecule has 17 heavy (non-hydrogen) atoms. The average molecular weight is 259 g/mol. The van der Waals surface area contributed by atoms with Crippen LogP contribution in [0.4, 0.5) is 0 Å². The summed E-state index contributed by atoms with van der Waals surface area (Å²) in [5, 5.41) is 0.170. The maximum Gasteiger partial charge on any atom is 0.303 e. The summed E-state index contributed by atoms with van der Waals surface area (Å²) in [5.41, 5.74) is 0. The molecule has 1 aliphatic rings. The Labute approximate surface area is 106 Å². The minimum Gasteiger partial charge on any atom is -0.469 e. The first-order valence-corrected chi connectivity index (χ1v) is 6.12. The second-order valence-corrected chi connectivity index (χ2v) is 4.19. The lowest BCUT2D eigenvalue weighted by Gasteiger charge is -2.20. The third kappa shape index (κ3) is 3.96. The van der Waals surface area contributed by atoms with Gasteiger partial charge in [-0.2, -0.15) is 0 Å². The lowest BCUT2D eigenvalue weighted by atomic mass is 10.1. The maximum atomic E-state index is 12.1. The molecule has 0 saturated carbocycles. The minimum atomic E-state index is -0.743. The largest absolute Gasteiger partial charge is 0.469 e. The van der Waals surface area contributed by atoms with Gasteiger partial charge in [0, 0.05) is 6.92 Å². The van der Waals surface area contributed by atoms with Gasteiger partial charge in [0.25, 0.3) is 11.1 Å². The Kier molecular flexibility index (Phi) is 5.34. The van der Waals surface area contributed by atoms with Gasteiger partial charge in [-0.25, -0.2) is 0 Å². The van der Waals surface area contributed by atoms with Gasteiger partial charge in [0.15, 0.2) is 6.10 Å². The minimum absolute atomic E-state index is 0.170. The number of amides is 1. The van der Waals surface area contributed by atoms with Crippen LogP contribution in [0, 0.1) is 0 Å². The molecule has 0 N–H and O–H groups in total. The molecule has 96 valence electrons. The molecule has 0 radical (unpaired) electrons. The highest BCUT2D eigenvalue weighted by Gasteiger charge is 2.32. The van der Waals surface area contributed by atoms with E-state index in [1.807, 2.05) is 6.92 Å². The molecule has 1 amide bonds. The van der Waals surface area contributed by atoms with Gasteiger partial charge in [0.2, 0.25) is 0 Å². The van der Waals surface area contributed by atoms with E-state index in [2.05, 4.69) is 0 Å². The van der Waals surface area contributed by atoms with Crippen molar-refractivity contribution in [3.8, 4) is 0 Å². The van der Waals surface area contributed by atoms with Gasteiger partial charge in [-0.05, 0) is 25.1 Å². The molecule has 0 bridgehead atoms. The fourth-order valence-corrected chi connectivity index (χ4v) is 1.85. The van der Waals surface area contributed by atoms with Gasteiger partial charge in [0.05, 0.1) is 6.54 Å². The van der Waals surface area contributed by atoms with Crippen LogP contribution < -0.4 is 0 Å². The van der Waals surface area contributed by atoms with Crippen LogP contribution in [0.15, 0.2) is 0 Å². The normalized spacial score (nSPS) is 16.6. The van der Waals surface area contributed by atoms with E-state index in [9.17, 15) is 9.59 Å². The number of unbranched alkanes of at least 4 members (excludes halogenated alkanes) is 1. The quantitative estimate of drug-likeness (QED) is 0.549. The Morgan fingerprint density at radius 3 is 2.76 bits per heavy atom. The summed E-state index contributed by atoms with van der Waals surface area (Å²) in [5.74, 6) is -0.735. The number of carbonyl (C=O) groups is 2. The van der Waals surface area contributed by atoms with Crippen LogP contribution in [0.2, 0.25) is 0 Å². The molecular formula is C11H17NO4S. The summed E-state index contributed by atoms with van der Waals surface area (Å²) < 4.78 is 10.1. The Balaban J connectivity index is 2.63. The molecule has 1 rings (SSSR count). The zero-order chi connectivity index (χ0) is 12.8. The monoisotopic (exact) mass is 259 g/mol. The van der Waals surface area contributed by atoms with Gasteiger partial charge in [0.1, 0.15) is 6.61 Å². The van der Waals surface area contributed by atoms with Crippen molar-refractivity contribution in [1.29, 1.82) is 0 Å². The zero-order valence-electron chi connectivity index (χ0n) is 10.1. The first-order chi connectivity index (χ1) is 8.06. The number of hydrogen-bond acceptors (Lipinski definition) is 5. The third-order valence-corrected chi connectivity index (χ3v) is 2.77. The molecule has 6 heteroatoms. The number of rotatable bonds is 5. The van der Waals surface area contributed by atoms with Crippen LogP contribution in [0.3, 0.4) is 0 Å². The van der Waals surface area contributed by atoms with Crippen molar-refractivity contribution < 1.29 is 19.1 Å². The lowest BCUT2D eigenvalue weighted by molar-refractivity contribution is -0.157. The SMILES string of the molecule is CCCC[C@@H](OC(C)=O)C(=O)N1CCOC1=S. The summed E-state index contributed by atoms with van der Waals surface area (Å²) in [6, 6.07) is 0. The van der Waals surface area contributed by atoms with Crippen molar-refractivity contribution in [3.63, 3.8) is 0 Å². The summed E-state index contributed by atoms with van der Waals surface area (Å²) in [6.45, 7) is 4.15. The van der Waals surface area contributed by atoms with Crippen molar-refractivity contribution in [2.24, 2.45) is 0 Å².